The molecule has 0 aromatic carbocycles. The molecule has 0 radical (unpaired) electrons. The van der Waals surface area contributed by atoms with Gasteiger partial charge in [-0.25, -0.2) is 4.98 Å². The van der Waals surface area contributed by atoms with Crippen LogP contribution >= 0.6 is 15.9 Å². The number of halogens is 1. The van der Waals surface area contributed by atoms with E-state index in [2.05, 4.69) is 26.0 Å². The summed E-state index contributed by atoms with van der Waals surface area (Å²) in [5.41, 5.74) is 3.06. The molecule has 114 valence electrons. The average molecular weight is 362 g/mol. The number of hydrogen-bond donors (Lipinski definition) is 0. The predicted molar refractivity (Wildman–Crippen MR) is 86.6 cm³/mol. The zero-order valence-corrected chi connectivity index (χ0v) is 14.2. The smallest absolute Gasteiger partial charge is 0.273 e. The third-order valence-corrected chi connectivity index (χ3v) is 4.46. The summed E-state index contributed by atoms with van der Waals surface area (Å²) in [7, 11) is 3.53. The number of rotatable bonds is 3. The van der Waals surface area contributed by atoms with Gasteiger partial charge in [-0.3, -0.25) is 9.48 Å². The van der Waals surface area contributed by atoms with E-state index in [9.17, 15) is 4.79 Å². The molecule has 0 spiro atoms. The Morgan fingerprint density at radius 3 is 2.82 bits per heavy atom. The molecule has 0 bridgehead atoms. The Labute approximate surface area is 136 Å². The third kappa shape index (κ3) is 2.52. The van der Waals surface area contributed by atoms with Crippen molar-refractivity contribution < 1.29 is 4.79 Å². The van der Waals surface area contributed by atoms with Crippen molar-refractivity contribution in [2.45, 2.75) is 13.5 Å². The number of aryl methyl sites for hydroxylation is 2. The Hall–Kier alpha value is -2.15. The second-order valence-corrected chi connectivity index (χ2v) is 6.02. The fourth-order valence-electron chi connectivity index (χ4n) is 2.42. The summed E-state index contributed by atoms with van der Waals surface area (Å²) in [5, 5.41) is 4.26. The number of imidazole rings is 1. The van der Waals surface area contributed by atoms with Gasteiger partial charge in [-0.2, -0.15) is 5.10 Å². The van der Waals surface area contributed by atoms with Crippen molar-refractivity contribution in [1.29, 1.82) is 0 Å². The maximum atomic E-state index is 12.6. The molecule has 0 atom stereocenters. The van der Waals surface area contributed by atoms with Crippen LogP contribution < -0.4 is 0 Å². The predicted octanol–water partition coefficient (Wildman–Crippen LogP) is 2.41. The van der Waals surface area contributed by atoms with Crippen LogP contribution in [-0.2, 0) is 13.6 Å². The van der Waals surface area contributed by atoms with Crippen LogP contribution in [0, 0.1) is 6.92 Å². The van der Waals surface area contributed by atoms with Gasteiger partial charge in [0.1, 0.15) is 11.3 Å². The molecule has 22 heavy (non-hydrogen) atoms. The fourth-order valence-corrected chi connectivity index (χ4v) is 2.93. The monoisotopic (exact) mass is 361 g/mol. The van der Waals surface area contributed by atoms with Crippen molar-refractivity contribution in [3.63, 3.8) is 0 Å². The normalized spacial score (nSPS) is 11.1. The maximum absolute atomic E-state index is 12.6. The molecule has 0 aliphatic carbocycles. The van der Waals surface area contributed by atoms with E-state index >= 15 is 0 Å². The van der Waals surface area contributed by atoms with Crippen LogP contribution in [-0.4, -0.2) is 37.0 Å². The average Bonchev–Trinajstić information content (AvgIpc) is 2.99. The lowest BCUT2D eigenvalue weighted by Crippen LogP contribution is -2.28. The van der Waals surface area contributed by atoms with Crippen LogP contribution in [0.4, 0.5) is 0 Å². The van der Waals surface area contributed by atoms with E-state index in [0.29, 0.717) is 12.2 Å². The second-order valence-electron chi connectivity index (χ2n) is 5.23. The molecule has 3 rings (SSSR count). The molecule has 3 heterocycles. The Balaban J connectivity index is 1.84. The van der Waals surface area contributed by atoms with E-state index in [4.69, 9.17) is 0 Å². The molecular weight excluding hydrogens is 346 g/mol. The molecule has 1 amide bonds. The number of carbonyl (C=O) groups is 1. The van der Waals surface area contributed by atoms with Crippen molar-refractivity contribution in [3.05, 3.63) is 52.1 Å². The van der Waals surface area contributed by atoms with Crippen molar-refractivity contribution in [1.82, 2.24) is 24.1 Å². The highest BCUT2D eigenvalue weighted by Crippen LogP contribution is 2.22. The van der Waals surface area contributed by atoms with E-state index in [1.54, 1.807) is 23.7 Å². The van der Waals surface area contributed by atoms with Crippen molar-refractivity contribution in [2.24, 2.45) is 7.05 Å². The minimum Gasteiger partial charge on any atom is -0.334 e. The highest BCUT2D eigenvalue weighted by Gasteiger charge is 2.22. The standard InChI is InChI=1S/C15H16BrN5O/c1-10-13(16)14(20(3)18-10)15(22)19(2)8-11-9-21-7-5-4-6-12(21)17-11/h4-7,9H,8H2,1-3H3. The van der Waals surface area contributed by atoms with Gasteiger partial charge in [-0.15, -0.1) is 0 Å². The number of aromatic nitrogens is 4. The first kappa shape index (κ1) is 14.8. The lowest BCUT2D eigenvalue weighted by atomic mass is 10.3. The van der Waals surface area contributed by atoms with Crippen molar-refractivity contribution in [2.75, 3.05) is 7.05 Å². The van der Waals surface area contributed by atoms with Gasteiger partial charge in [0.2, 0.25) is 0 Å². The number of carbonyl (C=O) groups excluding carboxylic acids is 1. The summed E-state index contributed by atoms with van der Waals surface area (Å²) in [4.78, 5) is 18.8. The van der Waals surface area contributed by atoms with E-state index in [1.165, 1.54) is 0 Å². The quantitative estimate of drug-likeness (QED) is 0.719. The molecule has 0 aliphatic rings. The topological polar surface area (TPSA) is 55.4 Å². The van der Waals surface area contributed by atoms with Gasteiger partial charge in [-0.05, 0) is 35.0 Å². The Morgan fingerprint density at radius 1 is 1.41 bits per heavy atom. The van der Waals surface area contributed by atoms with E-state index in [-0.39, 0.29) is 5.91 Å². The summed E-state index contributed by atoms with van der Waals surface area (Å²) in [5.74, 6) is -0.0907. The molecule has 3 aromatic heterocycles. The molecule has 7 heteroatoms. The maximum Gasteiger partial charge on any atom is 0.273 e. The van der Waals surface area contributed by atoms with Gasteiger partial charge in [0.25, 0.3) is 5.91 Å². The lowest BCUT2D eigenvalue weighted by molar-refractivity contribution is 0.0771. The number of pyridine rings is 1. The van der Waals surface area contributed by atoms with Gasteiger partial charge in [0.15, 0.2) is 0 Å². The molecular formula is C15H16BrN5O. The molecule has 0 aliphatic heterocycles. The summed E-state index contributed by atoms with van der Waals surface area (Å²) < 4.78 is 4.28. The van der Waals surface area contributed by atoms with Crippen LogP contribution in [0.25, 0.3) is 5.65 Å². The van der Waals surface area contributed by atoms with Crippen molar-refractivity contribution in [3.8, 4) is 0 Å². The fraction of sp³-hybridized carbons (Fsp3) is 0.267. The summed E-state index contributed by atoms with van der Waals surface area (Å²) in [6.45, 7) is 2.31. The molecule has 0 saturated carbocycles. The SMILES string of the molecule is Cc1nn(C)c(C(=O)N(C)Cc2cn3ccccc3n2)c1Br. The lowest BCUT2D eigenvalue weighted by Gasteiger charge is -2.16. The third-order valence-electron chi connectivity index (χ3n) is 3.51. The first-order valence-corrected chi connectivity index (χ1v) is 7.64. The number of nitrogens with zero attached hydrogens (tertiary/aromatic N) is 5. The summed E-state index contributed by atoms with van der Waals surface area (Å²) in [6, 6.07) is 5.83. The van der Waals surface area contributed by atoms with Gasteiger partial charge in [0, 0.05) is 26.5 Å². The molecule has 6 nitrogen and oxygen atoms in total. The highest BCUT2D eigenvalue weighted by atomic mass is 79.9. The zero-order chi connectivity index (χ0) is 15.9. The first-order valence-electron chi connectivity index (χ1n) is 6.84. The minimum absolute atomic E-state index is 0.0907. The molecule has 0 saturated heterocycles. The number of fused-ring (bicyclic) bond motifs is 1. The number of amides is 1. The van der Waals surface area contributed by atoms with E-state index in [0.717, 1.165) is 21.5 Å². The Kier molecular flexibility index (Phi) is 3.74. The molecule has 3 aromatic rings. The largest absolute Gasteiger partial charge is 0.334 e. The summed E-state index contributed by atoms with van der Waals surface area (Å²) in [6.07, 6.45) is 3.87. The van der Waals surface area contributed by atoms with Crippen LogP contribution in [0.5, 0.6) is 0 Å². The molecule has 0 N–H and O–H groups in total. The van der Waals surface area contributed by atoms with Gasteiger partial charge < -0.3 is 9.30 Å². The summed E-state index contributed by atoms with van der Waals surface area (Å²) >= 11 is 3.43. The highest BCUT2D eigenvalue weighted by molar-refractivity contribution is 9.10. The Bertz CT molecular complexity index is 818. The number of hydrogen-bond acceptors (Lipinski definition) is 3. The Morgan fingerprint density at radius 2 is 2.18 bits per heavy atom. The van der Waals surface area contributed by atoms with Crippen LogP contribution in [0.2, 0.25) is 0 Å². The second kappa shape index (κ2) is 5.57. The zero-order valence-electron chi connectivity index (χ0n) is 12.6. The van der Waals surface area contributed by atoms with Crippen LogP contribution in [0.3, 0.4) is 0 Å². The van der Waals surface area contributed by atoms with E-state index in [1.807, 2.05) is 41.9 Å². The minimum atomic E-state index is -0.0907. The molecule has 0 unspecified atom stereocenters. The van der Waals surface area contributed by atoms with Crippen molar-refractivity contribution >= 4 is 27.5 Å². The van der Waals surface area contributed by atoms with E-state index < -0.39 is 0 Å². The van der Waals surface area contributed by atoms with Crippen LogP contribution in [0.15, 0.2) is 35.1 Å². The first-order chi connectivity index (χ1) is 10.5. The van der Waals surface area contributed by atoms with Gasteiger partial charge in [-0.1, -0.05) is 6.07 Å². The van der Waals surface area contributed by atoms with Crippen LogP contribution in [0.1, 0.15) is 21.9 Å². The molecule has 0 fully saturated rings. The van der Waals surface area contributed by atoms with Gasteiger partial charge >= 0.3 is 0 Å². The van der Waals surface area contributed by atoms with Gasteiger partial charge in [0.05, 0.1) is 22.4 Å².